The lowest BCUT2D eigenvalue weighted by Gasteiger charge is -2.01. The van der Waals surface area contributed by atoms with E-state index in [9.17, 15) is 5.11 Å². The Morgan fingerprint density at radius 3 is 2.86 bits per heavy atom. The first-order valence-electron chi connectivity index (χ1n) is 4.31. The third-order valence-corrected chi connectivity index (χ3v) is 2.29. The van der Waals surface area contributed by atoms with Gasteiger partial charge in [0.15, 0.2) is 5.22 Å². The predicted octanol–water partition coefficient (Wildman–Crippen LogP) is 2.29. The van der Waals surface area contributed by atoms with Gasteiger partial charge in [0.05, 0.1) is 0 Å². The van der Waals surface area contributed by atoms with Crippen molar-refractivity contribution >= 4 is 22.6 Å². The summed E-state index contributed by atoms with van der Waals surface area (Å²) in [4.78, 5) is 0. The zero-order valence-corrected chi connectivity index (χ0v) is 8.21. The van der Waals surface area contributed by atoms with E-state index in [0.29, 0.717) is 23.8 Å². The van der Waals surface area contributed by atoms with Crippen LogP contribution in [0.3, 0.4) is 0 Å². The van der Waals surface area contributed by atoms with E-state index >= 15 is 0 Å². The Morgan fingerprint density at radius 1 is 1.36 bits per heavy atom. The molecule has 1 heterocycles. The minimum atomic E-state index is 0.236. The Morgan fingerprint density at radius 2 is 2.14 bits per heavy atom. The van der Waals surface area contributed by atoms with Crippen LogP contribution >= 0.6 is 11.6 Å². The molecule has 3 N–H and O–H groups in total. The summed E-state index contributed by atoms with van der Waals surface area (Å²) >= 11 is 5.69. The van der Waals surface area contributed by atoms with E-state index in [0.717, 1.165) is 10.9 Å². The summed E-state index contributed by atoms with van der Waals surface area (Å²) in [5, 5.41) is 10.7. The Kier molecular flexibility index (Phi) is 2.35. The summed E-state index contributed by atoms with van der Waals surface area (Å²) < 4.78 is 5.22. The van der Waals surface area contributed by atoms with E-state index in [1.165, 1.54) is 0 Å². The van der Waals surface area contributed by atoms with Gasteiger partial charge in [-0.3, -0.25) is 0 Å². The number of furan rings is 1. The van der Waals surface area contributed by atoms with Gasteiger partial charge < -0.3 is 15.3 Å². The first kappa shape index (κ1) is 9.37. The third-order valence-electron chi connectivity index (χ3n) is 2.10. The number of hydrogen-bond acceptors (Lipinski definition) is 3. The lowest BCUT2D eigenvalue weighted by atomic mass is 10.1. The molecule has 4 heteroatoms. The lowest BCUT2D eigenvalue weighted by molar-refractivity contribution is 0.468. The molecule has 0 unspecified atom stereocenters. The van der Waals surface area contributed by atoms with Crippen LogP contribution in [0.1, 0.15) is 5.56 Å². The second-order valence-electron chi connectivity index (χ2n) is 3.11. The Hall–Kier alpha value is -1.19. The fraction of sp³-hybridized carbons (Fsp3) is 0.200. The highest BCUT2D eigenvalue weighted by Gasteiger charge is 2.07. The van der Waals surface area contributed by atoms with Gasteiger partial charge in [0.25, 0.3) is 0 Å². The molecule has 0 saturated heterocycles. The topological polar surface area (TPSA) is 59.4 Å². The molecule has 2 rings (SSSR count). The van der Waals surface area contributed by atoms with E-state index < -0.39 is 0 Å². The maximum absolute atomic E-state index is 9.61. The van der Waals surface area contributed by atoms with Crippen molar-refractivity contribution in [3.63, 3.8) is 0 Å². The second-order valence-corrected chi connectivity index (χ2v) is 3.48. The number of rotatable bonds is 2. The zero-order valence-electron chi connectivity index (χ0n) is 7.46. The maximum atomic E-state index is 9.61. The van der Waals surface area contributed by atoms with E-state index in [-0.39, 0.29) is 5.75 Å². The van der Waals surface area contributed by atoms with Gasteiger partial charge in [-0.05, 0) is 42.3 Å². The summed E-state index contributed by atoms with van der Waals surface area (Å²) in [5.74, 6) is 0.236. The van der Waals surface area contributed by atoms with Crippen molar-refractivity contribution in [1.82, 2.24) is 0 Å². The number of aromatic hydroxyl groups is 1. The van der Waals surface area contributed by atoms with Crippen LogP contribution in [0.15, 0.2) is 22.6 Å². The van der Waals surface area contributed by atoms with Crippen molar-refractivity contribution < 1.29 is 9.52 Å². The second kappa shape index (κ2) is 3.52. The molecule has 3 nitrogen and oxygen atoms in total. The van der Waals surface area contributed by atoms with Crippen molar-refractivity contribution in [3.05, 3.63) is 29.0 Å². The van der Waals surface area contributed by atoms with E-state index in [1.54, 1.807) is 18.2 Å². The van der Waals surface area contributed by atoms with Crippen LogP contribution in [-0.2, 0) is 6.42 Å². The zero-order chi connectivity index (χ0) is 10.1. The monoisotopic (exact) mass is 211 g/mol. The van der Waals surface area contributed by atoms with Crippen LogP contribution in [0.5, 0.6) is 5.75 Å². The smallest absolute Gasteiger partial charge is 0.194 e. The molecule has 1 aromatic carbocycles. The number of hydrogen-bond donors (Lipinski definition) is 2. The lowest BCUT2D eigenvalue weighted by Crippen LogP contribution is -2.02. The van der Waals surface area contributed by atoms with Gasteiger partial charge in [-0.1, -0.05) is 0 Å². The molecule has 0 radical (unpaired) electrons. The third kappa shape index (κ3) is 1.56. The number of phenolic OH excluding ortho intramolecular Hbond substituents is 1. The van der Waals surface area contributed by atoms with Crippen molar-refractivity contribution in [1.29, 1.82) is 0 Å². The average molecular weight is 212 g/mol. The Balaban J connectivity index is 2.58. The molecular weight excluding hydrogens is 202 g/mol. The first-order chi connectivity index (χ1) is 6.70. The average Bonchev–Trinajstić information content (AvgIpc) is 2.45. The molecule has 14 heavy (non-hydrogen) atoms. The highest BCUT2D eigenvalue weighted by Crippen LogP contribution is 2.29. The van der Waals surface area contributed by atoms with Gasteiger partial charge in [0, 0.05) is 11.5 Å². The molecule has 0 atom stereocenters. The van der Waals surface area contributed by atoms with Gasteiger partial charge in [0.1, 0.15) is 11.3 Å². The highest BCUT2D eigenvalue weighted by molar-refractivity contribution is 6.29. The van der Waals surface area contributed by atoms with Crippen LogP contribution in [0, 0.1) is 0 Å². The fourth-order valence-electron chi connectivity index (χ4n) is 1.44. The normalized spacial score (nSPS) is 11.0. The molecule has 0 fully saturated rings. The SMILES string of the molecule is NCCc1cc2oc(Cl)cc2cc1O. The molecule has 0 saturated carbocycles. The number of benzene rings is 1. The number of fused-ring (bicyclic) bond motifs is 1. The van der Waals surface area contributed by atoms with E-state index in [4.69, 9.17) is 21.8 Å². The van der Waals surface area contributed by atoms with Gasteiger partial charge in [-0.15, -0.1) is 0 Å². The van der Waals surface area contributed by atoms with Crippen LogP contribution in [0.25, 0.3) is 11.0 Å². The Labute approximate surface area is 86.1 Å². The molecule has 0 amide bonds. The minimum Gasteiger partial charge on any atom is -0.508 e. The molecule has 0 aliphatic heterocycles. The largest absolute Gasteiger partial charge is 0.508 e. The fourth-order valence-corrected chi connectivity index (χ4v) is 1.64. The van der Waals surface area contributed by atoms with Crippen LogP contribution in [0.4, 0.5) is 0 Å². The van der Waals surface area contributed by atoms with E-state index in [1.807, 2.05) is 0 Å². The van der Waals surface area contributed by atoms with Crippen molar-refractivity contribution in [2.24, 2.45) is 5.73 Å². The summed E-state index contributed by atoms with van der Waals surface area (Å²) in [6.45, 7) is 0.494. The van der Waals surface area contributed by atoms with Gasteiger partial charge in [-0.25, -0.2) is 0 Å². The molecule has 0 aliphatic carbocycles. The number of phenols is 1. The quantitative estimate of drug-likeness (QED) is 0.801. The molecule has 2 aromatic rings. The van der Waals surface area contributed by atoms with Gasteiger partial charge in [-0.2, -0.15) is 0 Å². The maximum Gasteiger partial charge on any atom is 0.194 e. The van der Waals surface area contributed by atoms with Gasteiger partial charge >= 0.3 is 0 Å². The van der Waals surface area contributed by atoms with Gasteiger partial charge in [0.2, 0.25) is 0 Å². The summed E-state index contributed by atoms with van der Waals surface area (Å²) in [5.41, 5.74) is 6.87. The van der Waals surface area contributed by atoms with Crippen molar-refractivity contribution in [2.75, 3.05) is 6.54 Å². The number of nitrogens with two attached hydrogens (primary N) is 1. The first-order valence-corrected chi connectivity index (χ1v) is 4.69. The summed E-state index contributed by atoms with van der Waals surface area (Å²) in [6.07, 6.45) is 0.625. The summed E-state index contributed by atoms with van der Waals surface area (Å²) in [6, 6.07) is 5.07. The Bertz CT molecular complexity index is 464. The molecule has 0 bridgehead atoms. The molecule has 0 aliphatic rings. The highest BCUT2D eigenvalue weighted by atomic mass is 35.5. The molecule has 0 spiro atoms. The van der Waals surface area contributed by atoms with E-state index in [2.05, 4.69) is 0 Å². The molecule has 1 aromatic heterocycles. The van der Waals surface area contributed by atoms with Crippen molar-refractivity contribution in [2.45, 2.75) is 6.42 Å². The molecular formula is C10H10ClNO2. The minimum absolute atomic E-state index is 0.236. The van der Waals surface area contributed by atoms with Crippen LogP contribution < -0.4 is 5.73 Å². The number of halogens is 1. The predicted molar refractivity (Wildman–Crippen MR) is 55.6 cm³/mol. The summed E-state index contributed by atoms with van der Waals surface area (Å²) in [7, 11) is 0. The molecule has 74 valence electrons. The van der Waals surface area contributed by atoms with Crippen molar-refractivity contribution in [3.8, 4) is 5.75 Å². The standard InChI is InChI=1S/C10H10ClNO2/c11-10-5-7-3-8(13)6(1-2-12)4-9(7)14-10/h3-5,13H,1-2,12H2. The van der Waals surface area contributed by atoms with Crippen LogP contribution in [-0.4, -0.2) is 11.7 Å². The van der Waals surface area contributed by atoms with Crippen LogP contribution in [0.2, 0.25) is 5.22 Å².